The van der Waals surface area contributed by atoms with E-state index in [1.54, 1.807) is 6.08 Å². The summed E-state index contributed by atoms with van der Waals surface area (Å²) >= 11 is 1.94. The highest BCUT2D eigenvalue weighted by atomic mass is 32.2. The molecule has 0 aromatic heterocycles. The summed E-state index contributed by atoms with van der Waals surface area (Å²) < 4.78 is 0. The fourth-order valence-corrected chi connectivity index (χ4v) is 2.28. The smallest absolute Gasteiger partial charge is 0.328 e. The fourth-order valence-electron chi connectivity index (χ4n) is 1.09. The van der Waals surface area contributed by atoms with Gasteiger partial charge in [0.1, 0.15) is 0 Å². The highest BCUT2D eigenvalue weighted by molar-refractivity contribution is 7.99. The average molecular weight is 187 g/mol. The number of aliphatic carboxylic acids is 1. The lowest BCUT2D eigenvalue weighted by atomic mass is 10.2. The molecule has 0 aromatic rings. The van der Waals surface area contributed by atoms with Crippen molar-refractivity contribution in [3.8, 4) is 0 Å². The van der Waals surface area contributed by atoms with E-state index in [2.05, 4.69) is 5.32 Å². The van der Waals surface area contributed by atoms with Crippen LogP contribution in [0.1, 0.15) is 6.42 Å². The largest absolute Gasteiger partial charge is 0.478 e. The molecule has 1 heterocycles. The van der Waals surface area contributed by atoms with Crippen LogP contribution in [-0.2, 0) is 4.79 Å². The highest BCUT2D eigenvalue weighted by Crippen LogP contribution is 2.16. The Kier molecular flexibility index (Phi) is 4.18. The third kappa shape index (κ3) is 3.78. The Balaban J connectivity index is 2.05. The number of thioether (sulfide) groups is 1. The van der Waals surface area contributed by atoms with Crippen LogP contribution in [0.4, 0.5) is 0 Å². The zero-order chi connectivity index (χ0) is 8.81. The molecule has 2 N–H and O–H groups in total. The monoisotopic (exact) mass is 187 g/mol. The van der Waals surface area contributed by atoms with Crippen molar-refractivity contribution in [2.24, 2.45) is 0 Å². The van der Waals surface area contributed by atoms with Gasteiger partial charge in [-0.15, -0.1) is 0 Å². The summed E-state index contributed by atoms with van der Waals surface area (Å²) in [5.41, 5.74) is 0. The van der Waals surface area contributed by atoms with Gasteiger partial charge in [-0.25, -0.2) is 4.79 Å². The molecule has 0 saturated carbocycles. The highest BCUT2D eigenvalue weighted by Gasteiger charge is 2.12. The predicted molar refractivity (Wildman–Crippen MR) is 50.5 cm³/mol. The number of hydrogen-bond acceptors (Lipinski definition) is 3. The molecule has 1 fully saturated rings. The molecule has 0 amide bonds. The molecule has 3 nitrogen and oxygen atoms in total. The summed E-state index contributed by atoms with van der Waals surface area (Å²) in [6.45, 7) is 0.664. The van der Waals surface area contributed by atoms with Crippen molar-refractivity contribution in [2.45, 2.75) is 12.5 Å². The third-order valence-electron chi connectivity index (χ3n) is 1.71. The topological polar surface area (TPSA) is 49.3 Å². The van der Waals surface area contributed by atoms with Gasteiger partial charge in [0.25, 0.3) is 0 Å². The van der Waals surface area contributed by atoms with Gasteiger partial charge in [-0.05, 0) is 12.2 Å². The van der Waals surface area contributed by atoms with E-state index >= 15 is 0 Å². The van der Waals surface area contributed by atoms with E-state index in [4.69, 9.17) is 5.11 Å². The van der Waals surface area contributed by atoms with Crippen LogP contribution in [0.15, 0.2) is 12.2 Å². The van der Waals surface area contributed by atoms with Crippen LogP contribution in [0, 0.1) is 0 Å². The second kappa shape index (κ2) is 5.22. The second-order valence-corrected chi connectivity index (χ2v) is 3.86. The molecule has 1 rings (SSSR count). The molecule has 0 radical (unpaired) electrons. The first-order valence-electron chi connectivity index (χ1n) is 3.99. The third-order valence-corrected chi connectivity index (χ3v) is 2.88. The summed E-state index contributed by atoms with van der Waals surface area (Å²) in [5, 5.41) is 11.6. The van der Waals surface area contributed by atoms with E-state index in [1.807, 2.05) is 11.8 Å². The first-order valence-corrected chi connectivity index (χ1v) is 5.15. The normalized spacial score (nSPS) is 23.5. The van der Waals surface area contributed by atoms with E-state index in [9.17, 15) is 4.79 Å². The Hall–Kier alpha value is -0.480. The van der Waals surface area contributed by atoms with Crippen LogP contribution < -0.4 is 5.32 Å². The maximum atomic E-state index is 10.1. The Morgan fingerprint density at radius 3 is 3.17 bits per heavy atom. The van der Waals surface area contributed by atoms with Crippen molar-refractivity contribution in [1.29, 1.82) is 0 Å². The summed E-state index contributed by atoms with van der Waals surface area (Å²) in [7, 11) is 0. The van der Waals surface area contributed by atoms with Gasteiger partial charge >= 0.3 is 5.97 Å². The quantitative estimate of drug-likeness (QED) is 0.637. The lowest BCUT2D eigenvalue weighted by molar-refractivity contribution is -0.131. The predicted octanol–water partition coefficient (Wildman–Crippen LogP) is 0.722. The SMILES string of the molecule is O=C(O)/C=C/CNC1CCSC1. The minimum Gasteiger partial charge on any atom is -0.478 e. The van der Waals surface area contributed by atoms with Gasteiger partial charge in [0.15, 0.2) is 0 Å². The molecule has 1 unspecified atom stereocenters. The van der Waals surface area contributed by atoms with Gasteiger partial charge < -0.3 is 10.4 Å². The molecular formula is C8H13NO2S. The van der Waals surface area contributed by atoms with Gasteiger partial charge in [-0.2, -0.15) is 11.8 Å². The lowest BCUT2D eigenvalue weighted by Gasteiger charge is -2.07. The first kappa shape index (κ1) is 9.61. The van der Waals surface area contributed by atoms with Crippen LogP contribution in [0.25, 0.3) is 0 Å². The van der Waals surface area contributed by atoms with E-state index in [0.29, 0.717) is 12.6 Å². The summed E-state index contributed by atoms with van der Waals surface area (Å²) in [6.07, 6.45) is 4.02. The van der Waals surface area contributed by atoms with Crippen molar-refractivity contribution in [3.05, 3.63) is 12.2 Å². The molecule has 1 atom stereocenters. The Bertz CT molecular complexity index is 176. The standard InChI is InChI=1S/C8H13NO2S/c10-8(11)2-1-4-9-7-3-5-12-6-7/h1-2,7,9H,3-6H2,(H,10,11)/b2-1+. The number of carboxylic acid groups (broad SMARTS) is 1. The maximum absolute atomic E-state index is 10.1. The Morgan fingerprint density at radius 1 is 1.75 bits per heavy atom. The Morgan fingerprint density at radius 2 is 2.58 bits per heavy atom. The molecule has 0 spiro atoms. The van der Waals surface area contributed by atoms with E-state index in [-0.39, 0.29) is 0 Å². The average Bonchev–Trinajstić information content (AvgIpc) is 2.49. The van der Waals surface area contributed by atoms with Crippen LogP contribution in [0.5, 0.6) is 0 Å². The van der Waals surface area contributed by atoms with Crippen molar-refractivity contribution >= 4 is 17.7 Å². The molecule has 0 aromatic carbocycles. The van der Waals surface area contributed by atoms with Gasteiger partial charge in [-0.1, -0.05) is 6.08 Å². The molecule has 68 valence electrons. The molecule has 12 heavy (non-hydrogen) atoms. The molecule has 1 aliphatic rings. The molecule has 0 aliphatic carbocycles. The van der Waals surface area contributed by atoms with Gasteiger partial charge in [0.05, 0.1) is 0 Å². The summed E-state index contributed by atoms with van der Waals surface area (Å²) in [5.74, 6) is 1.50. The summed E-state index contributed by atoms with van der Waals surface area (Å²) in [4.78, 5) is 10.1. The fraction of sp³-hybridized carbons (Fsp3) is 0.625. The molecule has 4 heteroatoms. The first-order chi connectivity index (χ1) is 5.79. The molecule has 1 aliphatic heterocycles. The van der Waals surface area contributed by atoms with Crippen molar-refractivity contribution < 1.29 is 9.90 Å². The number of hydrogen-bond donors (Lipinski definition) is 2. The summed E-state index contributed by atoms with van der Waals surface area (Å²) in [6, 6.07) is 0.577. The van der Waals surface area contributed by atoms with E-state index in [1.165, 1.54) is 18.2 Å². The maximum Gasteiger partial charge on any atom is 0.328 e. The van der Waals surface area contributed by atoms with Gasteiger partial charge in [0.2, 0.25) is 0 Å². The molecule has 0 bridgehead atoms. The van der Waals surface area contributed by atoms with Crippen molar-refractivity contribution in [1.82, 2.24) is 5.32 Å². The van der Waals surface area contributed by atoms with Gasteiger partial charge in [-0.3, -0.25) is 0 Å². The number of nitrogens with one attached hydrogen (secondary N) is 1. The number of carboxylic acids is 1. The van der Waals surface area contributed by atoms with Crippen molar-refractivity contribution in [2.75, 3.05) is 18.1 Å². The lowest BCUT2D eigenvalue weighted by Crippen LogP contribution is -2.28. The van der Waals surface area contributed by atoms with Crippen molar-refractivity contribution in [3.63, 3.8) is 0 Å². The van der Waals surface area contributed by atoms with Crippen LogP contribution in [0.3, 0.4) is 0 Å². The number of rotatable bonds is 4. The zero-order valence-electron chi connectivity index (χ0n) is 6.82. The minimum absolute atomic E-state index is 0.577. The second-order valence-electron chi connectivity index (χ2n) is 2.71. The molecule has 1 saturated heterocycles. The van der Waals surface area contributed by atoms with Gasteiger partial charge in [0, 0.05) is 24.4 Å². The number of carbonyl (C=O) groups is 1. The van der Waals surface area contributed by atoms with Crippen LogP contribution in [-0.4, -0.2) is 35.2 Å². The minimum atomic E-state index is -0.877. The van der Waals surface area contributed by atoms with Crippen LogP contribution >= 0.6 is 11.8 Å². The zero-order valence-corrected chi connectivity index (χ0v) is 7.64. The molecular weight excluding hydrogens is 174 g/mol. The van der Waals surface area contributed by atoms with E-state index in [0.717, 1.165) is 5.75 Å². The van der Waals surface area contributed by atoms with Crippen LogP contribution in [0.2, 0.25) is 0 Å². The Labute approximate surface area is 76.2 Å². The van der Waals surface area contributed by atoms with E-state index < -0.39 is 5.97 Å².